The second-order valence-corrected chi connectivity index (χ2v) is 2.13. The van der Waals surface area contributed by atoms with Crippen LogP contribution in [0.4, 0.5) is 0 Å². The molecule has 0 spiro atoms. The third kappa shape index (κ3) is 0.892. The standard InChI is InChI=1S/C5H9ClN2/c1-8-3-2-7-5(8)4-6/h2-3,5,7H,4H2,1H3. The molecule has 8 heavy (non-hydrogen) atoms. The number of nitrogens with zero attached hydrogens (tertiary/aromatic N) is 1. The topological polar surface area (TPSA) is 15.3 Å². The van der Waals surface area contributed by atoms with Crippen LogP contribution in [0.15, 0.2) is 12.4 Å². The summed E-state index contributed by atoms with van der Waals surface area (Å²) in [6.45, 7) is 0. The molecule has 0 saturated heterocycles. The summed E-state index contributed by atoms with van der Waals surface area (Å²) in [7, 11) is 1.99. The highest BCUT2D eigenvalue weighted by atomic mass is 35.5. The molecule has 0 aromatic carbocycles. The largest absolute Gasteiger partial charge is 0.369 e. The van der Waals surface area contributed by atoms with Crippen LogP contribution < -0.4 is 5.32 Å². The Hall–Kier alpha value is -0.370. The first-order valence-corrected chi connectivity index (χ1v) is 3.08. The van der Waals surface area contributed by atoms with Crippen molar-refractivity contribution >= 4 is 11.6 Å². The highest BCUT2D eigenvalue weighted by molar-refractivity contribution is 6.18. The van der Waals surface area contributed by atoms with Crippen molar-refractivity contribution < 1.29 is 0 Å². The van der Waals surface area contributed by atoms with Gasteiger partial charge >= 0.3 is 0 Å². The van der Waals surface area contributed by atoms with E-state index < -0.39 is 0 Å². The molecule has 3 heteroatoms. The number of halogens is 1. The fraction of sp³-hybridized carbons (Fsp3) is 0.600. The Labute approximate surface area is 54.1 Å². The van der Waals surface area contributed by atoms with E-state index in [1.165, 1.54) is 0 Å². The van der Waals surface area contributed by atoms with E-state index in [0.717, 1.165) is 0 Å². The summed E-state index contributed by atoms with van der Waals surface area (Å²) < 4.78 is 0. The van der Waals surface area contributed by atoms with Gasteiger partial charge in [0.05, 0.1) is 5.88 Å². The summed E-state index contributed by atoms with van der Waals surface area (Å²) in [4.78, 5) is 2.03. The van der Waals surface area contributed by atoms with Gasteiger partial charge in [0.15, 0.2) is 0 Å². The Morgan fingerprint density at radius 1 is 1.88 bits per heavy atom. The minimum absolute atomic E-state index is 0.302. The predicted octanol–water partition coefficient (Wildman–Crippen LogP) is 0.557. The minimum Gasteiger partial charge on any atom is -0.369 e. The fourth-order valence-corrected chi connectivity index (χ4v) is 0.953. The predicted molar refractivity (Wildman–Crippen MR) is 34.5 cm³/mol. The van der Waals surface area contributed by atoms with Crippen LogP contribution in [0.1, 0.15) is 0 Å². The van der Waals surface area contributed by atoms with Gasteiger partial charge in [0, 0.05) is 19.4 Å². The molecule has 1 N–H and O–H groups in total. The van der Waals surface area contributed by atoms with Crippen LogP contribution in [0.2, 0.25) is 0 Å². The summed E-state index contributed by atoms with van der Waals surface area (Å²) in [6.07, 6.45) is 4.16. The van der Waals surface area contributed by atoms with Crippen LogP contribution in [0.3, 0.4) is 0 Å². The van der Waals surface area contributed by atoms with Gasteiger partial charge in [-0.05, 0) is 0 Å². The molecule has 1 unspecified atom stereocenters. The van der Waals surface area contributed by atoms with Crippen LogP contribution in [0.5, 0.6) is 0 Å². The molecule has 0 bridgehead atoms. The maximum atomic E-state index is 5.56. The van der Waals surface area contributed by atoms with Crippen molar-refractivity contribution in [1.29, 1.82) is 0 Å². The Balaban J connectivity index is 2.38. The number of rotatable bonds is 1. The number of hydrogen-bond donors (Lipinski definition) is 1. The van der Waals surface area contributed by atoms with Crippen molar-refractivity contribution in [3.8, 4) is 0 Å². The van der Waals surface area contributed by atoms with Gasteiger partial charge in [0.25, 0.3) is 0 Å². The third-order valence-corrected chi connectivity index (χ3v) is 1.53. The second kappa shape index (κ2) is 2.27. The quantitative estimate of drug-likeness (QED) is 0.525. The molecule has 2 nitrogen and oxygen atoms in total. The molecule has 46 valence electrons. The van der Waals surface area contributed by atoms with E-state index in [2.05, 4.69) is 5.32 Å². The molecule has 1 atom stereocenters. The number of hydrogen-bond acceptors (Lipinski definition) is 2. The summed E-state index contributed by atoms with van der Waals surface area (Å²) >= 11 is 5.56. The minimum atomic E-state index is 0.302. The van der Waals surface area contributed by atoms with E-state index in [1.807, 2.05) is 24.3 Å². The first-order valence-electron chi connectivity index (χ1n) is 2.55. The second-order valence-electron chi connectivity index (χ2n) is 1.82. The van der Waals surface area contributed by atoms with Crippen molar-refractivity contribution in [3.05, 3.63) is 12.4 Å². The lowest BCUT2D eigenvalue weighted by Crippen LogP contribution is -2.33. The average Bonchev–Trinajstić information content (AvgIpc) is 2.14. The van der Waals surface area contributed by atoms with Crippen LogP contribution in [-0.2, 0) is 0 Å². The summed E-state index contributed by atoms with van der Waals surface area (Å²) in [5, 5.41) is 3.07. The Bertz CT molecular complexity index is 103. The molecule has 0 amide bonds. The zero-order valence-electron chi connectivity index (χ0n) is 4.76. The highest BCUT2D eigenvalue weighted by Crippen LogP contribution is 2.01. The molecule has 0 saturated carbocycles. The van der Waals surface area contributed by atoms with Gasteiger partial charge in [0.2, 0.25) is 0 Å². The highest BCUT2D eigenvalue weighted by Gasteiger charge is 2.11. The van der Waals surface area contributed by atoms with E-state index >= 15 is 0 Å². The summed E-state index contributed by atoms with van der Waals surface area (Å²) in [6, 6.07) is 0. The Morgan fingerprint density at radius 3 is 2.88 bits per heavy atom. The molecule has 1 aliphatic rings. The molecular formula is C5H9ClN2. The van der Waals surface area contributed by atoms with Crippen molar-refractivity contribution in [1.82, 2.24) is 10.2 Å². The molecule has 1 aliphatic heterocycles. The summed E-state index contributed by atoms with van der Waals surface area (Å²) in [5.74, 6) is 0.628. The SMILES string of the molecule is CN1C=CNC1CCl. The molecule has 0 fully saturated rings. The number of nitrogens with one attached hydrogen (secondary N) is 1. The fourth-order valence-electron chi connectivity index (χ4n) is 0.647. The lowest BCUT2D eigenvalue weighted by Gasteiger charge is -2.17. The van der Waals surface area contributed by atoms with E-state index in [0.29, 0.717) is 12.0 Å². The van der Waals surface area contributed by atoms with Gasteiger partial charge < -0.3 is 10.2 Å². The summed E-state index contributed by atoms with van der Waals surface area (Å²) in [5.41, 5.74) is 0. The molecule has 0 aliphatic carbocycles. The Morgan fingerprint density at radius 2 is 2.62 bits per heavy atom. The van der Waals surface area contributed by atoms with E-state index in [-0.39, 0.29) is 0 Å². The molecule has 0 radical (unpaired) electrons. The van der Waals surface area contributed by atoms with Crippen molar-refractivity contribution in [3.63, 3.8) is 0 Å². The zero-order chi connectivity index (χ0) is 5.98. The normalized spacial score (nSPS) is 26.2. The van der Waals surface area contributed by atoms with E-state index in [9.17, 15) is 0 Å². The van der Waals surface area contributed by atoms with Gasteiger partial charge in [-0.1, -0.05) is 0 Å². The van der Waals surface area contributed by atoms with Crippen molar-refractivity contribution in [2.24, 2.45) is 0 Å². The molecular weight excluding hydrogens is 124 g/mol. The first kappa shape index (κ1) is 5.76. The van der Waals surface area contributed by atoms with Gasteiger partial charge in [-0.25, -0.2) is 0 Å². The van der Waals surface area contributed by atoms with Gasteiger partial charge in [0.1, 0.15) is 6.17 Å². The lowest BCUT2D eigenvalue weighted by atomic mass is 10.5. The van der Waals surface area contributed by atoms with Gasteiger partial charge in [-0.3, -0.25) is 0 Å². The smallest absolute Gasteiger partial charge is 0.112 e. The lowest BCUT2D eigenvalue weighted by molar-refractivity contribution is 0.360. The van der Waals surface area contributed by atoms with E-state index in [4.69, 9.17) is 11.6 Å². The Kier molecular flexibility index (Phi) is 1.63. The van der Waals surface area contributed by atoms with Crippen molar-refractivity contribution in [2.45, 2.75) is 6.17 Å². The van der Waals surface area contributed by atoms with Crippen LogP contribution in [-0.4, -0.2) is 24.0 Å². The van der Waals surface area contributed by atoms with Crippen LogP contribution >= 0.6 is 11.6 Å². The molecule has 1 rings (SSSR count). The maximum absolute atomic E-state index is 5.56. The van der Waals surface area contributed by atoms with Gasteiger partial charge in [-0.15, -0.1) is 11.6 Å². The monoisotopic (exact) mass is 132 g/mol. The zero-order valence-corrected chi connectivity index (χ0v) is 5.52. The average molecular weight is 133 g/mol. The molecule has 1 heterocycles. The first-order chi connectivity index (χ1) is 3.84. The van der Waals surface area contributed by atoms with Crippen LogP contribution in [0.25, 0.3) is 0 Å². The van der Waals surface area contributed by atoms with Crippen LogP contribution in [0, 0.1) is 0 Å². The molecule has 0 aromatic rings. The maximum Gasteiger partial charge on any atom is 0.112 e. The van der Waals surface area contributed by atoms with Gasteiger partial charge in [-0.2, -0.15) is 0 Å². The number of alkyl halides is 1. The van der Waals surface area contributed by atoms with E-state index in [1.54, 1.807) is 0 Å². The van der Waals surface area contributed by atoms with Crippen molar-refractivity contribution in [2.75, 3.05) is 12.9 Å². The molecule has 0 aromatic heterocycles. The third-order valence-electron chi connectivity index (χ3n) is 1.24.